The first-order chi connectivity index (χ1) is 10.0. The minimum absolute atomic E-state index is 0.0427. The molecule has 0 saturated heterocycles. The van der Waals surface area contributed by atoms with Gasteiger partial charge in [0.2, 0.25) is 5.91 Å². The number of nitrogens with two attached hydrogens (primary N) is 1. The maximum Gasteiger partial charge on any atom is 0.343 e. The normalized spacial score (nSPS) is 11.6. The van der Waals surface area contributed by atoms with Crippen molar-refractivity contribution >= 4 is 17.6 Å². The second kappa shape index (κ2) is 8.97. The summed E-state index contributed by atoms with van der Waals surface area (Å²) in [4.78, 5) is 22.6. The van der Waals surface area contributed by atoms with Crippen LogP contribution in [0.15, 0.2) is 24.3 Å². The Bertz CT molecular complexity index is 457. The third kappa shape index (κ3) is 7.31. The number of carbonyl (C=O) groups is 2. The number of benzene rings is 1. The molecule has 0 aromatic heterocycles. The molecule has 0 aliphatic carbocycles. The highest BCUT2D eigenvalue weighted by molar-refractivity contribution is 5.90. The molecule has 0 heterocycles. The largest absolute Gasteiger partial charge is 0.482 e. The van der Waals surface area contributed by atoms with E-state index in [4.69, 9.17) is 10.5 Å². The summed E-state index contributed by atoms with van der Waals surface area (Å²) in [6.45, 7) is 1.78. The molecule has 0 bridgehead atoms. The van der Waals surface area contributed by atoms with Gasteiger partial charge in [-0.25, -0.2) is 4.79 Å². The number of amides is 1. The minimum Gasteiger partial charge on any atom is -0.482 e. The lowest BCUT2D eigenvalue weighted by atomic mass is 10.1. The molecule has 1 unspecified atom stereocenters. The molecule has 0 spiro atoms. The third-order valence-electron chi connectivity index (χ3n) is 2.79. The summed E-state index contributed by atoms with van der Waals surface area (Å²) in [6, 6.07) is 6.91. The van der Waals surface area contributed by atoms with Gasteiger partial charge in [0.25, 0.3) is 0 Å². The van der Waals surface area contributed by atoms with Gasteiger partial charge < -0.3 is 20.5 Å². The molecule has 0 radical (unpaired) electrons. The summed E-state index contributed by atoms with van der Waals surface area (Å²) in [5.74, 6) is 0.0516. The summed E-state index contributed by atoms with van der Waals surface area (Å²) in [5, 5.41) is 2.79. The van der Waals surface area contributed by atoms with E-state index in [1.165, 1.54) is 7.11 Å². The lowest BCUT2D eigenvalue weighted by Crippen LogP contribution is -2.16. The van der Waals surface area contributed by atoms with Crippen LogP contribution in [0.25, 0.3) is 0 Å². The number of esters is 1. The van der Waals surface area contributed by atoms with Gasteiger partial charge in [-0.2, -0.15) is 0 Å². The molecule has 1 amide bonds. The van der Waals surface area contributed by atoms with E-state index in [-0.39, 0.29) is 18.6 Å². The van der Waals surface area contributed by atoms with E-state index >= 15 is 0 Å². The zero-order valence-corrected chi connectivity index (χ0v) is 12.4. The van der Waals surface area contributed by atoms with Crippen LogP contribution in [-0.4, -0.2) is 31.6 Å². The zero-order valence-electron chi connectivity index (χ0n) is 12.4. The Morgan fingerprint density at radius 1 is 1.29 bits per heavy atom. The first kappa shape index (κ1) is 17.0. The maximum absolute atomic E-state index is 11.7. The van der Waals surface area contributed by atoms with Crippen LogP contribution in [0.3, 0.4) is 0 Å². The second-order valence-electron chi connectivity index (χ2n) is 4.81. The van der Waals surface area contributed by atoms with Crippen LogP contribution in [0, 0.1) is 0 Å². The Morgan fingerprint density at radius 2 is 1.95 bits per heavy atom. The van der Waals surface area contributed by atoms with Gasteiger partial charge >= 0.3 is 5.97 Å². The Hall–Kier alpha value is -2.08. The lowest BCUT2D eigenvalue weighted by molar-refractivity contribution is -0.142. The molecule has 3 N–H and O–H groups in total. The van der Waals surface area contributed by atoms with Gasteiger partial charge in [-0.05, 0) is 44.0 Å². The van der Waals surface area contributed by atoms with E-state index in [9.17, 15) is 9.59 Å². The van der Waals surface area contributed by atoms with Crippen LogP contribution in [0.2, 0.25) is 0 Å². The van der Waals surface area contributed by atoms with E-state index < -0.39 is 5.97 Å². The summed E-state index contributed by atoms with van der Waals surface area (Å²) >= 11 is 0. The Kier molecular flexibility index (Phi) is 7.25. The van der Waals surface area contributed by atoms with Crippen molar-refractivity contribution in [1.82, 2.24) is 0 Å². The number of hydrogen-bond donors (Lipinski definition) is 2. The van der Waals surface area contributed by atoms with Crippen molar-refractivity contribution in [1.29, 1.82) is 0 Å². The smallest absolute Gasteiger partial charge is 0.343 e. The molecule has 1 aromatic rings. The molecule has 6 heteroatoms. The topological polar surface area (TPSA) is 90.6 Å². The monoisotopic (exact) mass is 294 g/mol. The maximum atomic E-state index is 11.7. The van der Waals surface area contributed by atoms with E-state index in [2.05, 4.69) is 10.1 Å². The molecule has 0 aliphatic rings. The van der Waals surface area contributed by atoms with E-state index in [0.29, 0.717) is 17.9 Å². The van der Waals surface area contributed by atoms with Crippen molar-refractivity contribution in [2.45, 2.75) is 32.2 Å². The lowest BCUT2D eigenvalue weighted by Gasteiger charge is -2.08. The second-order valence-corrected chi connectivity index (χ2v) is 4.81. The highest BCUT2D eigenvalue weighted by Crippen LogP contribution is 2.16. The standard InChI is InChI=1S/C15H22N2O4/c1-11(16)4-3-5-14(18)17-12-6-8-13(9-7-12)21-10-15(19)20-2/h6-9,11H,3-5,10,16H2,1-2H3,(H,17,18). The predicted molar refractivity (Wildman–Crippen MR) is 80.1 cm³/mol. The molecule has 116 valence electrons. The Labute approximate surface area is 124 Å². The van der Waals surface area contributed by atoms with Gasteiger partial charge in [-0.3, -0.25) is 4.79 Å². The van der Waals surface area contributed by atoms with Crippen LogP contribution >= 0.6 is 0 Å². The zero-order chi connectivity index (χ0) is 15.7. The van der Waals surface area contributed by atoms with E-state index in [0.717, 1.165) is 12.8 Å². The van der Waals surface area contributed by atoms with Crippen LogP contribution < -0.4 is 15.8 Å². The molecule has 1 rings (SSSR count). The highest BCUT2D eigenvalue weighted by Gasteiger charge is 2.05. The van der Waals surface area contributed by atoms with Crippen molar-refractivity contribution < 1.29 is 19.1 Å². The summed E-state index contributed by atoms with van der Waals surface area (Å²) in [5.41, 5.74) is 6.32. The molecule has 1 atom stereocenters. The molecule has 1 aromatic carbocycles. The minimum atomic E-state index is -0.443. The number of methoxy groups -OCH3 is 1. The van der Waals surface area contributed by atoms with Crippen LogP contribution in [0.5, 0.6) is 5.75 Å². The van der Waals surface area contributed by atoms with Crippen LogP contribution in [0.4, 0.5) is 5.69 Å². The molecule has 0 aliphatic heterocycles. The predicted octanol–water partition coefficient (Wildman–Crippen LogP) is 1.69. The molecule has 0 saturated carbocycles. The van der Waals surface area contributed by atoms with E-state index in [1.54, 1.807) is 24.3 Å². The molecule has 21 heavy (non-hydrogen) atoms. The number of carbonyl (C=O) groups excluding carboxylic acids is 2. The fourth-order valence-electron chi connectivity index (χ4n) is 1.64. The number of hydrogen-bond acceptors (Lipinski definition) is 5. The highest BCUT2D eigenvalue weighted by atomic mass is 16.6. The Morgan fingerprint density at radius 3 is 2.52 bits per heavy atom. The van der Waals surface area contributed by atoms with Gasteiger partial charge in [0.15, 0.2) is 6.61 Å². The van der Waals surface area contributed by atoms with Crippen molar-refractivity contribution in [2.75, 3.05) is 19.0 Å². The van der Waals surface area contributed by atoms with Gasteiger partial charge in [0.1, 0.15) is 5.75 Å². The molecule has 0 fully saturated rings. The average molecular weight is 294 g/mol. The summed E-state index contributed by atoms with van der Waals surface area (Å²) in [7, 11) is 1.30. The van der Waals surface area contributed by atoms with Gasteiger partial charge in [-0.1, -0.05) is 0 Å². The van der Waals surface area contributed by atoms with Gasteiger partial charge in [-0.15, -0.1) is 0 Å². The van der Waals surface area contributed by atoms with Gasteiger partial charge in [0.05, 0.1) is 7.11 Å². The number of ether oxygens (including phenoxy) is 2. The Balaban J connectivity index is 2.36. The van der Waals surface area contributed by atoms with Crippen molar-refractivity contribution in [3.63, 3.8) is 0 Å². The summed E-state index contributed by atoms with van der Waals surface area (Å²) < 4.78 is 9.68. The number of nitrogens with one attached hydrogen (secondary N) is 1. The number of anilines is 1. The van der Waals surface area contributed by atoms with E-state index in [1.807, 2.05) is 6.92 Å². The fourth-order valence-corrected chi connectivity index (χ4v) is 1.64. The third-order valence-corrected chi connectivity index (χ3v) is 2.79. The van der Waals surface area contributed by atoms with Gasteiger partial charge in [0, 0.05) is 18.2 Å². The first-order valence-electron chi connectivity index (χ1n) is 6.86. The molecular formula is C15H22N2O4. The molecular weight excluding hydrogens is 272 g/mol. The SMILES string of the molecule is COC(=O)COc1ccc(NC(=O)CCCC(C)N)cc1. The van der Waals surface area contributed by atoms with Crippen molar-refractivity contribution in [3.8, 4) is 5.75 Å². The van der Waals surface area contributed by atoms with Crippen LogP contribution in [-0.2, 0) is 14.3 Å². The molecule has 6 nitrogen and oxygen atoms in total. The van der Waals surface area contributed by atoms with Crippen molar-refractivity contribution in [2.24, 2.45) is 5.73 Å². The first-order valence-corrected chi connectivity index (χ1v) is 6.86. The average Bonchev–Trinajstić information content (AvgIpc) is 2.45. The number of rotatable bonds is 8. The van der Waals surface area contributed by atoms with Crippen LogP contribution in [0.1, 0.15) is 26.2 Å². The fraction of sp³-hybridized carbons (Fsp3) is 0.467. The quantitative estimate of drug-likeness (QED) is 0.712. The van der Waals surface area contributed by atoms with Crippen molar-refractivity contribution in [3.05, 3.63) is 24.3 Å². The summed E-state index contributed by atoms with van der Waals surface area (Å²) in [6.07, 6.45) is 2.04.